The molecule has 1 aliphatic heterocycles. The molecule has 8 heteroatoms. The molecule has 1 atom stereocenters. The van der Waals surface area contributed by atoms with E-state index >= 15 is 0 Å². The molecule has 4 rings (SSSR count). The van der Waals surface area contributed by atoms with Crippen LogP contribution in [-0.2, 0) is 4.79 Å². The van der Waals surface area contributed by atoms with Gasteiger partial charge in [-0.3, -0.25) is 4.79 Å². The minimum atomic E-state index is -0.562. The Morgan fingerprint density at radius 2 is 1.37 bits per heavy atom. The largest absolute Gasteiger partial charge is 0.494 e. The summed E-state index contributed by atoms with van der Waals surface area (Å²) < 4.78 is 16.8. The zero-order chi connectivity index (χ0) is 24.6. The Bertz CT molecular complexity index is 1080. The van der Waals surface area contributed by atoms with Gasteiger partial charge in [0.2, 0.25) is 0 Å². The first kappa shape index (κ1) is 24.3. The first-order valence-electron chi connectivity index (χ1n) is 12.1. The maximum atomic E-state index is 12.9. The van der Waals surface area contributed by atoms with E-state index in [1.165, 1.54) is 0 Å². The second kappa shape index (κ2) is 11.6. The first-order valence-corrected chi connectivity index (χ1v) is 12.1. The van der Waals surface area contributed by atoms with E-state index in [9.17, 15) is 4.79 Å². The molecule has 35 heavy (non-hydrogen) atoms. The zero-order valence-corrected chi connectivity index (χ0v) is 20.5. The number of rotatable bonds is 9. The van der Waals surface area contributed by atoms with Crippen molar-refractivity contribution >= 4 is 11.7 Å². The predicted molar refractivity (Wildman–Crippen MR) is 135 cm³/mol. The van der Waals surface area contributed by atoms with E-state index in [-0.39, 0.29) is 5.91 Å². The Balaban J connectivity index is 1.28. The highest BCUT2D eigenvalue weighted by Crippen LogP contribution is 2.23. The normalized spacial score (nSPS) is 14.4. The molecule has 0 radical (unpaired) electrons. The Morgan fingerprint density at radius 1 is 0.800 bits per heavy atom. The average molecular weight is 477 g/mol. The lowest BCUT2D eigenvalue weighted by atomic mass is 10.1. The fourth-order valence-electron chi connectivity index (χ4n) is 3.99. The third kappa shape index (κ3) is 6.20. The van der Waals surface area contributed by atoms with Gasteiger partial charge in [-0.15, -0.1) is 10.2 Å². The number of piperazine rings is 1. The summed E-state index contributed by atoms with van der Waals surface area (Å²) >= 11 is 0. The number of carbonyl (C=O) groups is 1. The number of carbonyl (C=O) groups excluding carboxylic acids is 1. The molecule has 8 nitrogen and oxygen atoms in total. The van der Waals surface area contributed by atoms with Gasteiger partial charge in [-0.1, -0.05) is 0 Å². The third-order valence-corrected chi connectivity index (χ3v) is 5.82. The molecule has 0 saturated carbocycles. The lowest BCUT2D eigenvalue weighted by Gasteiger charge is -2.36. The van der Waals surface area contributed by atoms with Gasteiger partial charge in [0, 0.05) is 31.7 Å². The van der Waals surface area contributed by atoms with Crippen LogP contribution in [0.5, 0.6) is 17.2 Å². The summed E-state index contributed by atoms with van der Waals surface area (Å²) in [5.41, 5.74) is 1.80. The van der Waals surface area contributed by atoms with Crippen molar-refractivity contribution in [2.24, 2.45) is 0 Å². The molecule has 184 valence electrons. The molecule has 1 saturated heterocycles. The van der Waals surface area contributed by atoms with Gasteiger partial charge in [-0.05, 0) is 81.4 Å². The van der Waals surface area contributed by atoms with Gasteiger partial charge in [0.05, 0.1) is 18.9 Å². The lowest BCUT2D eigenvalue weighted by molar-refractivity contribution is -0.138. The zero-order valence-electron chi connectivity index (χ0n) is 20.5. The van der Waals surface area contributed by atoms with E-state index < -0.39 is 6.10 Å². The summed E-state index contributed by atoms with van der Waals surface area (Å²) in [6.07, 6.45) is -0.562. The monoisotopic (exact) mass is 476 g/mol. The van der Waals surface area contributed by atoms with Gasteiger partial charge in [0.15, 0.2) is 11.9 Å². The highest BCUT2D eigenvalue weighted by Gasteiger charge is 2.26. The average Bonchev–Trinajstić information content (AvgIpc) is 2.90. The molecule has 0 aliphatic carbocycles. The highest BCUT2D eigenvalue weighted by atomic mass is 16.5. The van der Waals surface area contributed by atoms with Crippen molar-refractivity contribution in [3.63, 3.8) is 0 Å². The summed E-state index contributed by atoms with van der Waals surface area (Å²) in [5, 5.41) is 8.83. The van der Waals surface area contributed by atoms with E-state index in [2.05, 4.69) is 15.1 Å². The summed E-state index contributed by atoms with van der Waals surface area (Å²) in [7, 11) is 0. The summed E-state index contributed by atoms with van der Waals surface area (Å²) in [6, 6.07) is 19.1. The van der Waals surface area contributed by atoms with Crippen molar-refractivity contribution < 1.29 is 19.0 Å². The van der Waals surface area contributed by atoms with Gasteiger partial charge in [0.25, 0.3) is 5.91 Å². The van der Waals surface area contributed by atoms with Crippen LogP contribution in [0.4, 0.5) is 5.82 Å². The molecule has 1 amide bonds. The number of ether oxygens (including phenoxy) is 3. The lowest BCUT2D eigenvalue weighted by Crippen LogP contribution is -2.52. The van der Waals surface area contributed by atoms with Gasteiger partial charge in [-0.2, -0.15) is 0 Å². The van der Waals surface area contributed by atoms with Crippen LogP contribution in [0.3, 0.4) is 0 Å². The third-order valence-electron chi connectivity index (χ3n) is 5.82. The van der Waals surface area contributed by atoms with Crippen LogP contribution >= 0.6 is 0 Å². The molecule has 1 fully saturated rings. The number of benzene rings is 2. The van der Waals surface area contributed by atoms with E-state index in [0.29, 0.717) is 45.1 Å². The van der Waals surface area contributed by atoms with Crippen LogP contribution in [-0.4, -0.2) is 66.5 Å². The van der Waals surface area contributed by atoms with Crippen molar-refractivity contribution in [2.75, 3.05) is 44.3 Å². The minimum absolute atomic E-state index is 0.0181. The topological polar surface area (TPSA) is 77.0 Å². The Morgan fingerprint density at radius 3 is 1.91 bits per heavy atom. The van der Waals surface area contributed by atoms with Gasteiger partial charge in [-0.25, -0.2) is 0 Å². The number of aromatic nitrogens is 2. The molecule has 2 aromatic carbocycles. The SMILES string of the molecule is CCOc1ccc(OC(C)C(=O)N2CCN(c3ccc(-c4ccc(OCC)cc4)nn3)CC2)cc1. The number of hydrogen-bond donors (Lipinski definition) is 0. The Hall–Kier alpha value is -3.81. The predicted octanol–water partition coefficient (Wildman–Crippen LogP) is 4.06. The molecule has 1 unspecified atom stereocenters. The second-order valence-corrected chi connectivity index (χ2v) is 8.21. The van der Waals surface area contributed by atoms with Crippen molar-refractivity contribution in [1.82, 2.24) is 15.1 Å². The van der Waals surface area contributed by atoms with E-state index in [1.54, 1.807) is 6.92 Å². The van der Waals surface area contributed by atoms with Gasteiger partial charge < -0.3 is 24.0 Å². The molecular formula is C27H32N4O4. The Labute approximate surface area is 206 Å². The van der Waals surface area contributed by atoms with Crippen LogP contribution in [0.1, 0.15) is 20.8 Å². The molecular weight excluding hydrogens is 444 g/mol. The van der Waals surface area contributed by atoms with Crippen molar-refractivity contribution in [2.45, 2.75) is 26.9 Å². The van der Waals surface area contributed by atoms with E-state index in [1.807, 2.05) is 79.4 Å². The van der Waals surface area contributed by atoms with Gasteiger partial charge in [0.1, 0.15) is 17.2 Å². The van der Waals surface area contributed by atoms with E-state index in [0.717, 1.165) is 28.6 Å². The summed E-state index contributed by atoms with van der Waals surface area (Å²) in [5.74, 6) is 3.06. The number of amides is 1. The van der Waals surface area contributed by atoms with Crippen molar-refractivity contribution in [3.8, 4) is 28.5 Å². The maximum Gasteiger partial charge on any atom is 0.263 e. The molecule has 0 N–H and O–H groups in total. The Kier molecular flexibility index (Phi) is 8.03. The molecule has 3 aromatic rings. The van der Waals surface area contributed by atoms with Crippen molar-refractivity contribution in [3.05, 3.63) is 60.7 Å². The van der Waals surface area contributed by atoms with Crippen LogP contribution in [0.2, 0.25) is 0 Å². The molecule has 0 spiro atoms. The standard InChI is InChI=1S/C27H32N4O4/c1-4-33-22-8-6-21(7-9-22)25-14-15-26(29-28-25)30-16-18-31(19-17-30)27(32)20(3)35-24-12-10-23(11-13-24)34-5-2/h6-15,20H,4-5,16-19H2,1-3H3. The van der Waals surface area contributed by atoms with Crippen LogP contribution in [0, 0.1) is 0 Å². The van der Waals surface area contributed by atoms with E-state index in [4.69, 9.17) is 14.2 Å². The van der Waals surface area contributed by atoms with Gasteiger partial charge >= 0.3 is 0 Å². The fourth-order valence-corrected chi connectivity index (χ4v) is 3.99. The number of hydrogen-bond acceptors (Lipinski definition) is 7. The summed E-state index contributed by atoms with van der Waals surface area (Å²) in [4.78, 5) is 16.9. The van der Waals surface area contributed by atoms with Crippen molar-refractivity contribution in [1.29, 1.82) is 0 Å². The number of nitrogens with zero attached hydrogens (tertiary/aromatic N) is 4. The van der Waals surface area contributed by atoms with Crippen LogP contribution in [0.15, 0.2) is 60.7 Å². The quantitative estimate of drug-likeness (QED) is 0.461. The first-order chi connectivity index (χ1) is 17.1. The molecule has 0 bridgehead atoms. The van der Waals surface area contributed by atoms with Crippen LogP contribution in [0.25, 0.3) is 11.3 Å². The van der Waals surface area contributed by atoms with Crippen LogP contribution < -0.4 is 19.1 Å². The fraction of sp³-hybridized carbons (Fsp3) is 0.370. The minimum Gasteiger partial charge on any atom is -0.494 e. The second-order valence-electron chi connectivity index (χ2n) is 8.21. The highest BCUT2D eigenvalue weighted by molar-refractivity contribution is 5.81. The maximum absolute atomic E-state index is 12.9. The molecule has 2 heterocycles. The summed E-state index contributed by atoms with van der Waals surface area (Å²) in [6.45, 7) is 9.55. The smallest absolute Gasteiger partial charge is 0.263 e. The molecule has 1 aliphatic rings. The number of anilines is 1. The molecule has 1 aromatic heterocycles.